The van der Waals surface area contributed by atoms with Gasteiger partial charge >= 0.3 is 6.03 Å². The van der Waals surface area contributed by atoms with Gasteiger partial charge in [0, 0.05) is 48.7 Å². The third-order valence-electron chi connectivity index (χ3n) is 6.14. The van der Waals surface area contributed by atoms with Crippen LogP contribution in [-0.2, 0) is 0 Å². The van der Waals surface area contributed by atoms with Crippen molar-refractivity contribution in [2.75, 3.05) is 36.4 Å². The highest BCUT2D eigenvalue weighted by atomic mass is 16.2. The van der Waals surface area contributed by atoms with Crippen molar-refractivity contribution in [2.24, 2.45) is 0 Å². The van der Waals surface area contributed by atoms with Crippen LogP contribution < -0.4 is 10.2 Å². The number of urea groups is 1. The number of amides is 2. The topological polar surface area (TPSA) is 61.4 Å². The van der Waals surface area contributed by atoms with Crippen molar-refractivity contribution in [3.05, 3.63) is 70.9 Å². The van der Waals surface area contributed by atoms with Gasteiger partial charge in [0.05, 0.1) is 0 Å². The first-order valence-corrected chi connectivity index (χ1v) is 11.6. The molecule has 1 fully saturated rings. The maximum Gasteiger partial charge on any atom is 0.321 e. The lowest BCUT2D eigenvalue weighted by Crippen LogP contribution is -2.50. The standard InChI is InChI=1S/C27H33N5O/c1-18(2)24-21(5)28-25(22-8-6-7-20(4)17-22)30-26(24)31-13-15-32(16-14-31)27(33)29-23-11-9-19(3)10-12-23/h6-12,17-18H,13-16H2,1-5H3,(H,29,33). The highest BCUT2D eigenvalue weighted by Crippen LogP contribution is 2.31. The van der Waals surface area contributed by atoms with Gasteiger partial charge in [0.2, 0.25) is 0 Å². The number of rotatable bonds is 4. The summed E-state index contributed by atoms with van der Waals surface area (Å²) < 4.78 is 0. The van der Waals surface area contributed by atoms with E-state index in [2.05, 4.69) is 56.1 Å². The minimum Gasteiger partial charge on any atom is -0.353 e. The molecule has 0 saturated carbocycles. The summed E-state index contributed by atoms with van der Waals surface area (Å²) in [5, 5.41) is 3.01. The molecule has 1 aliphatic rings. The Labute approximate surface area is 196 Å². The van der Waals surface area contributed by atoms with Gasteiger partial charge in [0.1, 0.15) is 5.82 Å². The van der Waals surface area contributed by atoms with Gasteiger partial charge in [-0.1, -0.05) is 55.3 Å². The molecule has 4 rings (SSSR count). The average molecular weight is 444 g/mol. The Balaban J connectivity index is 1.53. The van der Waals surface area contributed by atoms with Crippen molar-refractivity contribution < 1.29 is 4.79 Å². The molecule has 2 amide bonds. The second kappa shape index (κ2) is 9.61. The summed E-state index contributed by atoms with van der Waals surface area (Å²) in [5.41, 5.74) is 6.43. The molecule has 1 saturated heterocycles. The van der Waals surface area contributed by atoms with E-state index in [1.807, 2.05) is 42.2 Å². The van der Waals surface area contributed by atoms with Crippen molar-refractivity contribution in [1.29, 1.82) is 0 Å². The molecule has 6 nitrogen and oxygen atoms in total. The number of carbonyl (C=O) groups excluding carboxylic acids is 1. The summed E-state index contributed by atoms with van der Waals surface area (Å²) in [4.78, 5) is 26.8. The number of piperazine rings is 1. The molecule has 2 heterocycles. The Hall–Kier alpha value is -3.41. The number of carbonyl (C=O) groups is 1. The van der Waals surface area contributed by atoms with Crippen molar-refractivity contribution in [3.8, 4) is 11.4 Å². The molecule has 1 aliphatic heterocycles. The van der Waals surface area contributed by atoms with E-state index in [4.69, 9.17) is 9.97 Å². The number of anilines is 2. The largest absolute Gasteiger partial charge is 0.353 e. The van der Waals surface area contributed by atoms with Crippen LogP contribution in [0.4, 0.5) is 16.3 Å². The lowest BCUT2D eigenvalue weighted by atomic mass is 10.0. The predicted molar refractivity (Wildman–Crippen MR) is 135 cm³/mol. The summed E-state index contributed by atoms with van der Waals surface area (Å²) >= 11 is 0. The van der Waals surface area contributed by atoms with Gasteiger partial charge < -0.3 is 15.1 Å². The monoisotopic (exact) mass is 443 g/mol. The van der Waals surface area contributed by atoms with Crippen LogP contribution in [0.15, 0.2) is 48.5 Å². The number of benzene rings is 2. The van der Waals surface area contributed by atoms with Gasteiger partial charge in [-0.05, 0) is 44.9 Å². The van der Waals surface area contributed by atoms with E-state index in [1.165, 1.54) is 16.7 Å². The van der Waals surface area contributed by atoms with Crippen LogP contribution in [0.5, 0.6) is 0 Å². The fraction of sp³-hybridized carbons (Fsp3) is 0.370. The van der Waals surface area contributed by atoms with Crippen LogP contribution in [0.1, 0.15) is 42.1 Å². The molecular formula is C27H33N5O. The number of aromatic nitrogens is 2. The summed E-state index contributed by atoms with van der Waals surface area (Å²) in [6.45, 7) is 13.4. The van der Waals surface area contributed by atoms with Gasteiger partial charge in [-0.25, -0.2) is 14.8 Å². The van der Waals surface area contributed by atoms with Gasteiger partial charge in [-0.15, -0.1) is 0 Å². The number of hydrogen-bond acceptors (Lipinski definition) is 4. The Morgan fingerprint density at radius 2 is 1.61 bits per heavy atom. The molecule has 2 aromatic carbocycles. The maximum absolute atomic E-state index is 12.8. The van der Waals surface area contributed by atoms with Crippen LogP contribution in [0.25, 0.3) is 11.4 Å². The summed E-state index contributed by atoms with van der Waals surface area (Å²) in [5.74, 6) is 2.07. The Morgan fingerprint density at radius 3 is 2.24 bits per heavy atom. The summed E-state index contributed by atoms with van der Waals surface area (Å²) in [7, 11) is 0. The van der Waals surface area contributed by atoms with E-state index in [0.29, 0.717) is 19.0 Å². The molecular weight excluding hydrogens is 410 g/mol. The molecule has 172 valence electrons. The zero-order valence-corrected chi connectivity index (χ0v) is 20.2. The molecule has 0 aliphatic carbocycles. The van der Waals surface area contributed by atoms with Gasteiger partial charge in [0.25, 0.3) is 0 Å². The third-order valence-corrected chi connectivity index (χ3v) is 6.14. The average Bonchev–Trinajstić information content (AvgIpc) is 2.80. The van der Waals surface area contributed by atoms with E-state index in [0.717, 1.165) is 41.7 Å². The zero-order chi connectivity index (χ0) is 23.5. The van der Waals surface area contributed by atoms with Crippen LogP contribution in [0, 0.1) is 20.8 Å². The van der Waals surface area contributed by atoms with Crippen LogP contribution in [-0.4, -0.2) is 47.1 Å². The molecule has 0 atom stereocenters. The molecule has 0 radical (unpaired) electrons. The SMILES string of the molecule is Cc1ccc(NC(=O)N2CCN(c3nc(-c4cccc(C)c4)nc(C)c3C(C)C)CC2)cc1. The summed E-state index contributed by atoms with van der Waals surface area (Å²) in [6.07, 6.45) is 0. The first-order valence-electron chi connectivity index (χ1n) is 11.6. The molecule has 0 bridgehead atoms. The number of aryl methyl sites for hydroxylation is 3. The van der Waals surface area contributed by atoms with Gasteiger partial charge in [-0.2, -0.15) is 0 Å². The highest BCUT2D eigenvalue weighted by molar-refractivity contribution is 5.89. The van der Waals surface area contributed by atoms with Crippen LogP contribution in [0.2, 0.25) is 0 Å². The first kappa shape index (κ1) is 22.8. The van der Waals surface area contributed by atoms with E-state index >= 15 is 0 Å². The Kier molecular flexibility index (Phi) is 6.63. The Bertz CT molecular complexity index is 1130. The lowest BCUT2D eigenvalue weighted by molar-refractivity contribution is 0.208. The van der Waals surface area contributed by atoms with Crippen molar-refractivity contribution >= 4 is 17.5 Å². The second-order valence-electron chi connectivity index (χ2n) is 9.16. The molecule has 0 spiro atoms. The highest BCUT2D eigenvalue weighted by Gasteiger charge is 2.26. The number of nitrogens with zero attached hydrogens (tertiary/aromatic N) is 4. The quantitative estimate of drug-likeness (QED) is 0.575. The molecule has 1 N–H and O–H groups in total. The first-order chi connectivity index (χ1) is 15.8. The smallest absolute Gasteiger partial charge is 0.321 e. The molecule has 0 unspecified atom stereocenters. The van der Waals surface area contributed by atoms with Crippen molar-refractivity contribution in [1.82, 2.24) is 14.9 Å². The predicted octanol–water partition coefficient (Wildman–Crippen LogP) is 5.55. The van der Waals surface area contributed by atoms with Gasteiger partial charge in [0.15, 0.2) is 5.82 Å². The minimum absolute atomic E-state index is 0.0538. The fourth-order valence-corrected chi connectivity index (χ4v) is 4.36. The number of nitrogens with one attached hydrogen (secondary N) is 1. The fourth-order valence-electron chi connectivity index (χ4n) is 4.36. The third kappa shape index (κ3) is 5.16. The van der Waals surface area contributed by atoms with Gasteiger partial charge in [-0.3, -0.25) is 0 Å². The van der Waals surface area contributed by atoms with Crippen molar-refractivity contribution in [3.63, 3.8) is 0 Å². The van der Waals surface area contributed by atoms with E-state index in [1.54, 1.807) is 0 Å². The molecule has 6 heteroatoms. The van der Waals surface area contributed by atoms with Crippen molar-refractivity contribution in [2.45, 2.75) is 40.5 Å². The van der Waals surface area contributed by atoms with Crippen LogP contribution in [0.3, 0.4) is 0 Å². The second-order valence-corrected chi connectivity index (χ2v) is 9.16. The summed E-state index contributed by atoms with van der Waals surface area (Å²) in [6, 6.07) is 16.2. The normalized spacial score (nSPS) is 14.0. The Morgan fingerprint density at radius 1 is 0.909 bits per heavy atom. The molecule has 1 aromatic heterocycles. The van der Waals surface area contributed by atoms with E-state index in [-0.39, 0.29) is 6.03 Å². The molecule has 3 aromatic rings. The van der Waals surface area contributed by atoms with Crippen LogP contribution >= 0.6 is 0 Å². The number of hydrogen-bond donors (Lipinski definition) is 1. The maximum atomic E-state index is 12.8. The lowest BCUT2D eigenvalue weighted by Gasteiger charge is -2.37. The van der Waals surface area contributed by atoms with E-state index < -0.39 is 0 Å². The molecule has 33 heavy (non-hydrogen) atoms. The van der Waals surface area contributed by atoms with E-state index in [9.17, 15) is 4.79 Å². The minimum atomic E-state index is -0.0538. The zero-order valence-electron chi connectivity index (χ0n) is 20.2.